The fraction of sp³-hybridized carbons (Fsp3) is 0.417. The van der Waals surface area contributed by atoms with Crippen LogP contribution in [0, 0.1) is 6.92 Å². The van der Waals surface area contributed by atoms with Gasteiger partial charge in [0.1, 0.15) is 22.9 Å². The van der Waals surface area contributed by atoms with E-state index in [0.717, 1.165) is 16.9 Å². The third-order valence-electron chi connectivity index (χ3n) is 4.39. The first-order valence-corrected chi connectivity index (χ1v) is 10.2. The Morgan fingerprint density at radius 3 is 2.45 bits per heavy atom. The van der Waals surface area contributed by atoms with Gasteiger partial charge in [-0.25, -0.2) is 4.98 Å². The fourth-order valence-corrected chi connectivity index (χ4v) is 2.88. The molecule has 0 spiro atoms. The average Bonchev–Trinajstić information content (AvgIpc) is 2.70. The van der Waals surface area contributed by atoms with Crippen LogP contribution in [-0.4, -0.2) is 35.4 Å². The van der Waals surface area contributed by atoms with Crippen molar-refractivity contribution >= 4 is 23.5 Å². The Bertz CT molecular complexity index is 947. The molecular formula is C24H30N2O5. The Morgan fingerprint density at radius 1 is 1.03 bits per heavy atom. The van der Waals surface area contributed by atoms with Gasteiger partial charge in [-0.3, -0.25) is 14.4 Å². The van der Waals surface area contributed by atoms with Crippen LogP contribution in [0.25, 0.3) is 0 Å². The molecule has 0 saturated heterocycles. The number of ether oxygens (including phenoxy) is 2. The topological polar surface area (TPSA) is 94.6 Å². The van der Waals surface area contributed by atoms with E-state index in [9.17, 15) is 14.4 Å². The smallest absolute Gasteiger partial charge is 0.306 e. The number of aryl methyl sites for hydroxylation is 2. The largest absolute Gasteiger partial charge is 0.496 e. The quantitative estimate of drug-likeness (QED) is 0.475. The third-order valence-corrected chi connectivity index (χ3v) is 4.39. The van der Waals surface area contributed by atoms with Crippen molar-refractivity contribution < 1.29 is 23.9 Å². The van der Waals surface area contributed by atoms with Crippen LogP contribution in [0.2, 0.25) is 0 Å². The lowest BCUT2D eigenvalue weighted by atomic mass is 10.0. The number of ketones is 1. The minimum Gasteiger partial charge on any atom is -0.496 e. The van der Waals surface area contributed by atoms with Gasteiger partial charge in [0.25, 0.3) is 0 Å². The summed E-state index contributed by atoms with van der Waals surface area (Å²) in [6.07, 6.45) is 0.796. The summed E-state index contributed by atoms with van der Waals surface area (Å²) >= 11 is 0. The zero-order chi connectivity index (χ0) is 23.0. The number of methoxy groups -OCH3 is 1. The Morgan fingerprint density at radius 2 is 1.77 bits per heavy atom. The second-order valence-electron chi connectivity index (χ2n) is 8.27. The molecule has 0 bridgehead atoms. The average molecular weight is 427 g/mol. The maximum atomic E-state index is 12.6. The predicted octanol–water partition coefficient (Wildman–Crippen LogP) is 4.27. The van der Waals surface area contributed by atoms with Crippen LogP contribution in [0.15, 0.2) is 36.4 Å². The van der Waals surface area contributed by atoms with E-state index in [0.29, 0.717) is 6.42 Å². The number of hydrogen-bond acceptors (Lipinski definition) is 6. The molecule has 1 heterocycles. The fourth-order valence-electron chi connectivity index (χ4n) is 2.88. The number of hydrogen-bond donors (Lipinski definition) is 1. The second kappa shape index (κ2) is 10.7. The van der Waals surface area contributed by atoms with Crippen molar-refractivity contribution in [2.75, 3.05) is 12.4 Å². The Labute approximate surface area is 183 Å². The number of esters is 1. The van der Waals surface area contributed by atoms with E-state index < -0.39 is 11.6 Å². The van der Waals surface area contributed by atoms with E-state index in [1.165, 1.54) is 0 Å². The molecule has 1 aromatic carbocycles. The van der Waals surface area contributed by atoms with Gasteiger partial charge in [-0.05, 0) is 63.4 Å². The molecule has 0 fully saturated rings. The SMILES string of the molecule is COc1cc(CCC(=O)c2cccc(NC(=O)CCC(=O)OC(C)(C)C)n2)ccc1C. The number of benzene rings is 1. The van der Waals surface area contributed by atoms with Gasteiger partial charge < -0.3 is 14.8 Å². The van der Waals surface area contributed by atoms with E-state index in [4.69, 9.17) is 9.47 Å². The minimum atomic E-state index is -0.590. The summed E-state index contributed by atoms with van der Waals surface area (Å²) in [4.78, 5) is 40.6. The Balaban J connectivity index is 1.90. The molecule has 1 N–H and O–H groups in total. The molecule has 1 amide bonds. The third kappa shape index (κ3) is 8.20. The van der Waals surface area contributed by atoms with Gasteiger partial charge >= 0.3 is 5.97 Å². The number of carbonyl (C=O) groups is 3. The number of carbonyl (C=O) groups excluding carboxylic acids is 3. The number of anilines is 1. The highest BCUT2D eigenvalue weighted by Gasteiger charge is 2.17. The van der Waals surface area contributed by atoms with Crippen LogP contribution in [0.4, 0.5) is 5.82 Å². The standard InChI is InChI=1S/C24H30N2O5/c1-16-9-10-17(15-20(16)30-5)11-12-19(27)18-7-6-8-21(25-18)26-22(28)13-14-23(29)31-24(2,3)4/h6-10,15H,11-14H2,1-5H3,(H,25,26,28). The van der Waals surface area contributed by atoms with Crippen LogP contribution in [0.5, 0.6) is 5.75 Å². The van der Waals surface area contributed by atoms with Gasteiger partial charge in [0, 0.05) is 12.8 Å². The van der Waals surface area contributed by atoms with Gasteiger partial charge in [-0.2, -0.15) is 0 Å². The monoisotopic (exact) mass is 426 g/mol. The summed E-state index contributed by atoms with van der Waals surface area (Å²) in [6, 6.07) is 10.8. The lowest BCUT2D eigenvalue weighted by Gasteiger charge is -2.19. The molecule has 0 radical (unpaired) electrons. The molecule has 0 aliphatic heterocycles. The van der Waals surface area contributed by atoms with Crippen molar-refractivity contribution in [2.24, 2.45) is 0 Å². The molecule has 166 valence electrons. The minimum absolute atomic E-state index is 0.0238. The summed E-state index contributed by atoms with van der Waals surface area (Å²) in [5.41, 5.74) is 1.73. The van der Waals surface area contributed by atoms with Gasteiger partial charge in [0.2, 0.25) is 5.91 Å². The lowest BCUT2D eigenvalue weighted by Crippen LogP contribution is -2.24. The Hall–Kier alpha value is -3.22. The molecule has 0 atom stereocenters. The summed E-state index contributed by atoms with van der Waals surface area (Å²) in [5.74, 6) is 0.141. The van der Waals surface area contributed by atoms with E-state index >= 15 is 0 Å². The molecule has 0 saturated carbocycles. The van der Waals surface area contributed by atoms with E-state index in [-0.39, 0.29) is 42.5 Å². The number of nitrogens with zero attached hydrogens (tertiary/aromatic N) is 1. The van der Waals surface area contributed by atoms with Gasteiger partial charge in [0.05, 0.1) is 13.5 Å². The van der Waals surface area contributed by atoms with Crippen molar-refractivity contribution in [3.8, 4) is 5.75 Å². The maximum Gasteiger partial charge on any atom is 0.306 e. The van der Waals surface area contributed by atoms with Crippen LogP contribution in [-0.2, 0) is 20.7 Å². The molecule has 0 aliphatic carbocycles. The molecule has 0 aliphatic rings. The predicted molar refractivity (Wildman–Crippen MR) is 118 cm³/mol. The summed E-state index contributed by atoms with van der Waals surface area (Å²) < 4.78 is 10.5. The first-order chi connectivity index (χ1) is 14.6. The summed E-state index contributed by atoms with van der Waals surface area (Å²) in [6.45, 7) is 7.27. The highest BCUT2D eigenvalue weighted by molar-refractivity contribution is 5.96. The first-order valence-electron chi connectivity index (χ1n) is 10.2. The molecule has 0 unspecified atom stereocenters. The Kier molecular flexibility index (Phi) is 8.30. The van der Waals surface area contributed by atoms with Crippen LogP contribution >= 0.6 is 0 Å². The van der Waals surface area contributed by atoms with Crippen molar-refractivity contribution in [3.63, 3.8) is 0 Å². The van der Waals surface area contributed by atoms with Gasteiger partial charge in [-0.15, -0.1) is 0 Å². The zero-order valence-corrected chi connectivity index (χ0v) is 18.8. The summed E-state index contributed by atoms with van der Waals surface area (Å²) in [5, 5.41) is 2.62. The number of amides is 1. The highest BCUT2D eigenvalue weighted by Crippen LogP contribution is 2.20. The van der Waals surface area contributed by atoms with Crippen LogP contribution in [0.1, 0.15) is 61.6 Å². The zero-order valence-electron chi connectivity index (χ0n) is 18.8. The van der Waals surface area contributed by atoms with E-state index in [1.807, 2.05) is 25.1 Å². The number of aromatic nitrogens is 1. The second-order valence-corrected chi connectivity index (χ2v) is 8.27. The molecule has 7 nitrogen and oxygen atoms in total. The molecule has 31 heavy (non-hydrogen) atoms. The van der Waals surface area contributed by atoms with Crippen molar-refractivity contribution in [1.82, 2.24) is 4.98 Å². The van der Waals surface area contributed by atoms with Gasteiger partial charge in [-0.1, -0.05) is 18.2 Å². The van der Waals surface area contributed by atoms with Crippen molar-refractivity contribution in [3.05, 3.63) is 53.2 Å². The van der Waals surface area contributed by atoms with Crippen LogP contribution < -0.4 is 10.1 Å². The molecule has 2 rings (SSSR count). The van der Waals surface area contributed by atoms with Crippen LogP contribution in [0.3, 0.4) is 0 Å². The van der Waals surface area contributed by atoms with E-state index in [1.54, 1.807) is 46.1 Å². The van der Waals surface area contributed by atoms with E-state index in [2.05, 4.69) is 10.3 Å². The molecule has 1 aromatic heterocycles. The highest BCUT2D eigenvalue weighted by atomic mass is 16.6. The molecular weight excluding hydrogens is 396 g/mol. The van der Waals surface area contributed by atoms with Crippen molar-refractivity contribution in [2.45, 2.75) is 59.0 Å². The molecule has 2 aromatic rings. The number of nitrogens with one attached hydrogen (secondary N) is 1. The number of pyridine rings is 1. The summed E-state index contributed by atoms with van der Waals surface area (Å²) in [7, 11) is 1.62. The lowest BCUT2D eigenvalue weighted by molar-refractivity contribution is -0.155. The molecule has 7 heteroatoms. The normalized spacial score (nSPS) is 11.0. The number of Topliss-reactive ketones (excluding diaryl/α,β-unsaturated/α-hetero) is 1. The number of rotatable bonds is 9. The maximum absolute atomic E-state index is 12.6. The van der Waals surface area contributed by atoms with Crippen molar-refractivity contribution in [1.29, 1.82) is 0 Å². The van der Waals surface area contributed by atoms with Gasteiger partial charge in [0.15, 0.2) is 5.78 Å². The first kappa shape index (κ1) is 24.1.